The maximum absolute atomic E-state index is 12.9. The number of hydrogen-bond acceptors (Lipinski definition) is 4. The molecule has 4 rings (SSSR count). The third-order valence-electron chi connectivity index (χ3n) is 5.40. The third kappa shape index (κ3) is 3.58. The molecule has 1 aliphatic heterocycles. The molecule has 0 saturated carbocycles. The van der Waals surface area contributed by atoms with E-state index < -0.39 is 0 Å². The van der Waals surface area contributed by atoms with Gasteiger partial charge in [0.2, 0.25) is 0 Å². The molecule has 1 saturated heterocycles. The first-order valence-corrected chi connectivity index (χ1v) is 9.52. The highest BCUT2D eigenvalue weighted by Gasteiger charge is 2.31. The van der Waals surface area contributed by atoms with Gasteiger partial charge in [-0.25, -0.2) is 0 Å². The van der Waals surface area contributed by atoms with Gasteiger partial charge < -0.3 is 14.8 Å². The van der Waals surface area contributed by atoms with Crippen LogP contribution in [0.3, 0.4) is 0 Å². The van der Waals surface area contributed by atoms with Gasteiger partial charge in [-0.15, -0.1) is 0 Å². The fraction of sp³-hybridized carbons (Fsp3) is 0.304. The largest absolute Gasteiger partial charge is 0.496 e. The summed E-state index contributed by atoms with van der Waals surface area (Å²) in [5, 5.41) is 4.31. The molecule has 28 heavy (non-hydrogen) atoms. The molecule has 1 aromatic heterocycles. The number of ether oxygens (including phenoxy) is 2. The molecule has 144 valence electrons. The van der Waals surface area contributed by atoms with Gasteiger partial charge in [-0.2, -0.15) is 0 Å². The number of nitrogens with one attached hydrogen (secondary N) is 1. The van der Waals surface area contributed by atoms with E-state index in [0.29, 0.717) is 24.5 Å². The highest BCUT2D eigenvalue weighted by atomic mass is 16.5. The van der Waals surface area contributed by atoms with Crippen LogP contribution < -0.4 is 10.1 Å². The first-order chi connectivity index (χ1) is 13.7. The van der Waals surface area contributed by atoms with Gasteiger partial charge in [0.15, 0.2) is 0 Å². The molecule has 0 aliphatic carbocycles. The van der Waals surface area contributed by atoms with E-state index in [1.165, 1.54) is 5.56 Å². The minimum atomic E-state index is -0.124. The van der Waals surface area contributed by atoms with E-state index >= 15 is 0 Å². The number of aryl methyl sites for hydroxylation is 1. The summed E-state index contributed by atoms with van der Waals surface area (Å²) in [5.74, 6) is 0.710. The Hall–Kier alpha value is -2.92. The number of pyridine rings is 1. The lowest BCUT2D eigenvalue weighted by Crippen LogP contribution is -2.40. The normalized spacial score (nSPS) is 18.9. The number of rotatable bonds is 5. The number of fused-ring (bicyclic) bond motifs is 1. The summed E-state index contributed by atoms with van der Waals surface area (Å²) in [6.07, 6.45) is 2.68. The number of benzene rings is 2. The first-order valence-electron chi connectivity index (χ1n) is 9.52. The fourth-order valence-electron chi connectivity index (χ4n) is 3.92. The molecule has 2 aromatic carbocycles. The average Bonchev–Trinajstić information content (AvgIpc) is 3.14. The second-order valence-corrected chi connectivity index (χ2v) is 7.22. The average molecular weight is 376 g/mol. The lowest BCUT2D eigenvalue weighted by Gasteiger charge is -2.21. The van der Waals surface area contributed by atoms with Gasteiger partial charge in [0, 0.05) is 17.5 Å². The maximum Gasteiger partial charge on any atom is 0.255 e. The molecule has 0 radical (unpaired) electrons. The van der Waals surface area contributed by atoms with Crippen LogP contribution in [0, 0.1) is 12.8 Å². The molecule has 5 nitrogen and oxygen atoms in total. The summed E-state index contributed by atoms with van der Waals surface area (Å²) in [5.41, 5.74) is 3.72. The molecule has 0 unspecified atom stereocenters. The van der Waals surface area contributed by atoms with Crippen LogP contribution in [0.1, 0.15) is 21.5 Å². The molecule has 1 fully saturated rings. The fourth-order valence-corrected chi connectivity index (χ4v) is 3.92. The van der Waals surface area contributed by atoms with Crippen LogP contribution in [-0.2, 0) is 11.2 Å². The number of amides is 1. The summed E-state index contributed by atoms with van der Waals surface area (Å²) in [6, 6.07) is 15.8. The zero-order valence-corrected chi connectivity index (χ0v) is 16.1. The SMILES string of the molecule is COc1c(C)cccc1C(=O)N[C@H]1COC[C@H]1Cc1ccnc2ccccc12. The zero-order chi connectivity index (χ0) is 19.5. The van der Waals surface area contributed by atoms with Crippen molar-refractivity contribution in [2.24, 2.45) is 5.92 Å². The van der Waals surface area contributed by atoms with Crippen LogP contribution in [0.4, 0.5) is 0 Å². The number of aromatic nitrogens is 1. The number of carbonyl (C=O) groups excluding carboxylic acids is 1. The summed E-state index contributed by atoms with van der Waals surface area (Å²) in [4.78, 5) is 17.3. The molecule has 1 amide bonds. The van der Waals surface area contributed by atoms with E-state index in [9.17, 15) is 4.79 Å². The highest BCUT2D eigenvalue weighted by molar-refractivity contribution is 5.97. The number of carbonyl (C=O) groups is 1. The predicted molar refractivity (Wildman–Crippen MR) is 109 cm³/mol. The second-order valence-electron chi connectivity index (χ2n) is 7.22. The Morgan fingerprint density at radius 2 is 2.04 bits per heavy atom. The van der Waals surface area contributed by atoms with Crippen molar-refractivity contribution in [2.45, 2.75) is 19.4 Å². The second kappa shape index (κ2) is 7.98. The lowest BCUT2D eigenvalue weighted by molar-refractivity contribution is 0.0922. The molecular formula is C23H24N2O3. The van der Waals surface area contributed by atoms with Gasteiger partial charge in [-0.3, -0.25) is 9.78 Å². The van der Waals surface area contributed by atoms with Crippen molar-refractivity contribution in [1.29, 1.82) is 0 Å². The number of nitrogens with zero attached hydrogens (tertiary/aromatic N) is 1. The first kappa shape index (κ1) is 18.4. The molecule has 5 heteroatoms. The highest BCUT2D eigenvalue weighted by Crippen LogP contribution is 2.26. The van der Waals surface area contributed by atoms with Crippen LogP contribution in [0.5, 0.6) is 5.75 Å². The van der Waals surface area contributed by atoms with Crippen molar-refractivity contribution in [2.75, 3.05) is 20.3 Å². The van der Waals surface area contributed by atoms with Crippen molar-refractivity contribution in [1.82, 2.24) is 10.3 Å². The van der Waals surface area contributed by atoms with Gasteiger partial charge in [-0.05, 0) is 42.7 Å². The van der Waals surface area contributed by atoms with Gasteiger partial charge in [0.1, 0.15) is 5.75 Å². The molecule has 1 aliphatic rings. The predicted octanol–water partition coefficient (Wildman–Crippen LogP) is 3.54. The van der Waals surface area contributed by atoms with Crippen molar-refractivity contribution >= 4 is 16.8 Å². The van der Waals surface area contributed by atoms with Crippen molar-refractivity contribution < 1.29 is 14.3 Å². The third-order valence-corrected chi connectivity index (χ3v) is 5.40. The smallest absolute Gasteiger partial charge is 0.255 e. The minimum absolute atomic E-state index is 0.0374. The van der Waals surface area contributed by atoms with Crippen LogP contribution in [-0.4, -0.2) is 37.3 Å². The summed E-state index contributed by atoms with van der Waals surface area (Å²) in [6.45, 7) is 3.09. The Morgan fingerprint density at radius 3 is 2.89 bits per heavy atom. The Morgan fingerprint density at radius 1 is 1.18 bits per heavy atom. The standard InChI is InChI=1S/C23H24N2O3/c1-15-6-5-8-19(22(15)27-2)23(26)25-21-14-28-13-17(21)12-16-10-11-24-20-9-4-3-7-18(16)20/h3-11,17,21H,12-14H2,1-2H3,(H,25,26)/t17-,21+/m1/s1. The number of hydrogen-bond donors (Lipinski definition) is 1. The van der Waals surface area contributed by atoms with Crippen LogP contribution in [0.2, 0.25) is 0 Å². The molecule has 2 atom stereocenters. The quantitative estimate of drug-likeness (QED) is 0.740. The number of methoxy groups -OCH3 is 1. The minimum Gasteiger partial charge on any atom is -0.496 e. The summed E-state index contributed by atoms with van der Waals surface area (Å²) >= 11 is 0. The Labute approximate surface area is 164 Å². The summed E-state index contributed by atoms with van der Waals surface area (Å²) < 4.78 is 11.1. The molecule has 1 N–H and O–H groups in total. The Kier molecular flexibility index (Phi) is 5.26. The van der Waals surface area contributed by atoms with E-state index in [2.05, 4.69) is 22.4 Å². The summed E-state index contributed by atoms with van der Waals surface area (Å²) in [7, 11) is 1.59. The van der Waals surface area contributed by atoms with Crippen molar-refractivity contribution in [3.63, 3.8) is 0 Å². The lowest BCUT2D eigenvalue weighted by atomic mass is 9.93. The zero-order valence-electron chi connectivity index (χ0n) is 16.1. The van der Waals surface area contributed by atoms with Gasteiger partial charge in [0.25, 0.3) is 5.91 Å². The molecular weight excluding hydrogens is 352 g/mol. The van der Waals surface area contributed by atoms with Crippen LogP contribution in [0.25, 0.3) is 10.9 Å². The number of para-hydroxylation sites is 2. The van der Waals surface area contributed by atoms with Crippen molar-refractivity contribution in [3.05, 3.63) is 71.4 Å². The van der Waals surface area contributed by atoms with E-state index in [4.69, 9.17) is 9.47 Å². The van der Waals surface area contributed by atoms with Gasteiger partial charge in [-0.1, -0.05) is 30.3 Å². The van der Waals surface area contributed by atoms with E-state index in [0.717, 1.165) is 22.9 Å². The van der Waals surface area contributed by atoms with Gasteiger partial charge in [0.05, 0.1) is 37.4 Å². The topological polar surface area (TPSA) is 60.5 Å². The van der Waals surface area contributed by atoms with Crippen LogP contribution in [0.15, 0.2) is 54.7 Å². The monoisotopic (exact) mass is 376 g/mol. The van der Waals surface area contributed by atoms with E-state index in [-0.39, 0.29) is 17.9 Å². The Bertz CT molecular complexity index is 997. The molecule has 0 spiro atoms. The van der Waals surface area contributed by atoms with E-state index in [1.807, 2.05) is 43.5 Å². The Balaban J connectivity index is 1.53. The molecule has 3 aromatic rings. The molecule has 2 heterocycles. The maximum atomic E-state index is 12.9. The van der Waals surface area contributed by atoms with Crippen molar-refractivity contribution in [3.8, 4) is 5.75 Å². The van der Waals surface area contributed by atoms with Gasteiger partial charge >= 0.3 is 0 Å². The molecule has 0 bridgehead atoms. The van der Waals surface area contributed by atoms with Crippen LogP contribution >= 0.6 is 0 Å². The van der Waals surface area contributed by atoms with E-state index in [1.54, 1.807) is 13.2 Å².